The van der Waals surface area contributed by atoms with Crippen molar-refractivity contribution < 1.29 is 22.7 Å². The van der Waals surface area contributed by atoms with Gasteiger partial charge in [0.15, 0.2) is 0 Å². The first-order chi connectivity index (χ1) is 7.40. The number of aromatic nitrogens is 2. The van der Waals surface area contributed by atoms with Crippen LogP contribution in [0, 0.1) is 0 Å². The van der Waals surface area contributed by atoms with Crippen LogP contribution in [0.15, 0.2) is 18.5 Å². The molecule has 0 aliphatic rings. The average Bonchev–Trinajstić information content (AvgIpc) is 2.59. The summed E-state index contributed by atoms with van der Waals surface area (Å²) in [5.74, 6) is -0.580. The van der Waals surface area contributed by atoms with E-state index in [0.29, 0.717) is 5.56 Å². The van der Waals surface area contributed by atoms with Crippen LogP contribution in [0.1, 0.15) is 5.56 Å². The lowest BCUT2D eigenvalue weighted by molar-refractivity contribution is -0.142. The summed E-state index contributed by atoms with van der Waals surface area (Å²) in [6.07, 6.45) is 0.536. The molecule has 0 unspecified atom stereocenters. The van der Waals surface area contributed by atoms with Crippen LogP contribution in [-0.4, -0.2) is 29.0 Å². The third-order valence-electron chi connectivity index (χ3n) is 1.61. The standard InChI is InChI=1S/C9H9F3N2O2/c1-16-8(15)3-2-7-4-13-14(5-7)6-9(10,11)12/h2-5H,6H2,1H3. The Bertz CT molecular complexity index is 396. The second kappa shape index (κ2) is 4.82. The molecule has 0 fully saturated rings. The number of halogens is 3. The van der Waals surface area contributed by atoms with E-state index in [4.69, 9.17) is 0 Å². The Morgan fingerprint density at radius 3 is 2.88 bits per heavy atom. The van der Waals surface area contributed by atoms with Gasteiger partial charge in [-0.1, -0.05) is 0 Å². The Kier molecular flexibility index (Phi) is 3.70. The molecule has 4 nitrogen and oxygen atoms in total. The number of carbonyl (C=O) groups excluding carboxylic acids is 1. The summed E-state index contributed by atoms with van der Waals surface area (Å²) in [4.78, 5) is 10.7. The number of hydrogen-bond donors (Lipinski definition) is 0. The summed E-state index contributed by atoms with van der Waals surface area (Å²) in [5.41, 5.74) is 0.398. The van der Waals surface area contributed by atoms with Crippen molar-refractivity contribution in [1.82, 2.24) is 9.78 Å². The average molecular weight is 234 g/mol. The Labute approximate surface area is 89.3 Å². The third kappa shape index (κ3) is 4.16. The van der Waals surface area contributed by atoms with Crippen LogP contribution in [-0.2, 0) is 16.1 Å². The van der Waals surface area contributed by atoms with Crippen molar-refractivity contribution in [1.29, 1.82) is 0 Å². The summed E-state index contributed by atoms with van der Waals surface area (Å²) in [6.45, 7) is -1.15. The summed E-state index contributed by atoms with van der Waals surface area (Å²) in [7, 11) is 1.21. The molecule has 1 aromatic heterocycles. The van der Waals surface area contributed by atoms with E-state index in [1.165, 1.54) is 25.6 Å². The van der Waals surface area contributed by atoms with Crippen molar-refractivity contribution in [2.45, 2.75) is 12.7 Å². The zero-order valence-corrected chi connectivity index (χ0v) is 8.36. The fraction of sp³-hybridized carbons (Fsp3) is 0.333. The Morgan fingerprint density at radius 2 is 2.31 bits per heavy atom. The molecule has 1 rings (SSSR count). The highest BCUT2D eigenvalue weighted by Crippen LogP contribution is 2.17. The Morgan fingerprint density at radius 1 is 1.62 bits per heavy atom. The minimum Gasteiger partial charge on any atom is -0.466 e. The number of esters is 1. The molecule has 1 heterocycles. The highest BCUT2D eigenvalue weighted by atomic mass is 19.4. The molecule has 0 aromatic carbocycles. The second-order valence-electron chi connectivity index (χ2n) is 2.94. The molecular weight excluding hydrogens is 225 g/mol. The van der Waals surface area contributed by atoms with Crippen LogP contribution in [0.2, 0.25) is 0 Å². The molecule has 0 bridgehead atoms. The van der Waals surface area contributed by atoms with Gasteiger partial charge in [0.25, 0.3) is 0 Å². The number of alkyl halides is 3. The van der Waals surface area contributed by atoms with Crippen LogP contribution >= 0.6 is 0 Å². The van der Waals surface area contributed by atoms with Gasteiger partial charge in [0.05, 0.1) is 13.3 Å². The van der Waals surface area contributed by atoms with Gasteiger partial charge in [-0.2, -0.15) is 18.3 Å². The van der Waals surface area contributed by atoms with E-state index in [9.17, 15) is 18.0 Å². The highest BCUT2D eigenvalue weighted by molar-refractivity contribution is 5.86. The van der Waals surface area contributed by atoms with E-state index in [1.807, 2.05) is 0 Å². The normalized spacial score (nSPS) is 12.0. The van der Waals surface area contributed by atoms with E-state index < -0.39 is 18.7 Å². The van der Waals surface area contributed by atoms with E-state index in [1.54, 1.807) is 0 Å². The van der Waals surface area contributed by atoms with Gasteiger partial charge in [-0.3, -0.25) is 4.68 Å². The third-order valence-corrected chi connectivity index (χ3v) is 1.61. The van der Waals surface area contributed by atoms with Gasteiger partial charge in [-0.05, 0) is 6.08 Å². The first-order valence-corrected chi connectivity index (χ1v) is 4.26. The molecule has 0 aliphatic heterocycles. The maximum atomic E-state index is 12.0. The summed E-state index contributed by atoms with van der Waals surface area (Å²) in [5, 5.41) is 3.50. The van der Waals surface area contributed by atoms with Crippen LogP contribution < -0.4 is 0 Å². The zero-order chi connectivity index (χ0) is 12.2. The fourth-order valence-electron chi connectivity index (χ4n) is 0.968. The van der Waals surface area contributed by atoms with Crippen molar-refractivity contribution in [3.05, 3.63) is 24.0 Å². The molecule has 0 aliphatic carbocycles. The molecular formula is C9H9F3N2O2. The first-order valence-electron chi connectivity index (χ1n) is 4.26. The molecule has 88 valence electrons. The van der Waals surface area contributed by atoms with Crippen LogP contribution in [0.5, 0.6) is 0 Å². The Balaban J connectivity index is 2.65. The largest absolute Gasteiger partial charge is 0.466 e. The van der Waals surface area contributed by atoms with E-state index in [0.717, 1.165) is 10.8 Å². The van der Waals surface area contributed by atoms with Crippen molar-refractivity contribution in [3.63, 3.8) is 0 Å². The first kappa shape index (κ1) is 12.3. The molecule has 1 aromatic rings. The molecule has 0 spiro atoms. The van der Waals surface area contributed by atoms with Crippen LogP contribution in [0.3, 0.4) is 0 Å². The maximum Gasteiger partial charge on any atom is 0.408 e. The van der Waals surface area contributed by atoms with Crippen molar-refractivity contribution >= 4 is 12.0 Å². The number of methoxy groups -OCH3 is 1. The van der Waals surface area contributed by atoms with E-state index in [2.05, 4.69) is 9.84 Å². The number of nitrogens with zero attached hydrogens (tertiary/aromatic N) is 2. The SMILES string of the molecule is COC(=O)C=Cc1cnn(CC(F)(F)F)c1. The lowest BCUT2D eigenvalue weighted by Crippen LogP contribution is -2.17. The lowest BCUT2D eigenvalue weighted by Gasteiger charge is -2.04. The molecule has 7 heteroatoms. The predicted octanol–water partition coefficient (Wildman–Crippen LogP) is 1.63. The number of ether oxygens (including phenoxy) is 1. The second-order valence-corrected chi connectivity index (χ2v) is 2.94. The molecule has 0 N–H and O–H groups in total. The topological polar surface area (TPSA) is 44.1 Å². The van der Waals surface area contributed by atoms with Gasteiger partial charge in [0.1, 0.15) is 6.54 Å². The molecule has 0 radical (unpaired) electrons. The van der Waals surface area contributed by atoms with Crippen LogP contribution in [0.4, 0.5) is 13.2 Å². The van der Waals surface area contributed by atoms with E-state index >= 15 is 0 Å². The number of hydrogen-bond acceptors (Lipinski definition) is 3. The maximum absolute atomic E-state index is 12.0. The van der Waals surface area contributed by atoms with Crippen molar-refractivity contribution in [2.24, 2.45) is 0 Å². The smallest absolute Gasteiger partial charge is 0.408 e. The summed E-state index contributed by atoms with van der Waals surface area (Å²) >= 11 is 0. The molecule has 0 saturated heterocycles. The number of rotatable bonds is 3. The minimum atomic E-state index is -4.31. The van der Waals surface area contributed by atoms with Gasteiger partial charge in [-0.15, -0.1) is 0 Å². The van der Waals surface area contributed by atoms with Gasteiger partial charge < -0.3 is 4.74 Å². The molecule has 16 heavy (non-hydrogen) atoms. The van der Waals surface area contributed by atoms with E-state index in [-0.39, 0.29) is 0 Å². The lowest BCUT2D eigenvalue weighted by atomic mass is 10.3. The summed E-state index contributed by atoms with van der Waals surface area (Å²) in [6, 6.07) is 0. The van der Waals surface area contributed by atoms with Crippen molar-refractivity contribution in [2.75, 3.05) is 7.11 Å². The monoisotopic (exact) mass is 234 g/mol. The summed E-state index contributed by atoms with van der Waals surface area (Å²) < 4.78 is 41.0. The molecule has 0 amide bonds. The van der Waals surface area contributed by atoms with Gasteiger partial charge >= 0.3 is 12.1 Å². The van der Waals surface area contributed by atoms with Gasteiger partial charge in [0, 0.05) is 17.8 Å². The quantitative estimate of drug-likeness (QED) is 0.589. The van der Waals surface area contributed by atoms with Crippen molar-refractivity contribution in [3.8, 4) is 0 Å². The number of carbonyl (C=O) groups is 1. The molecule has 0 saturated carbocycles. The molecule has 0 atom stereocenters. The highest BCUT2D eigenvalue weighted by Gasteiger charge is 2.28. The Hall–Kier alpha value is -1.79. The van der Waals surface area contributed by atoms with Gasteiger partial charge in [0.2, 0.25) is 0 Å². The minimum absolute atomic E-state index is 0.398. The zero-order valence-electron chi connectivity index (χ0n) is 8.36. The predicted molar refractivity (Wildman–Crippen MR) is 49.3 cm³/mol. The van der Waals surface area contributed by atoms with Crippen LogP contribution in [0.25, 0.3) is 6.08 Å². The fourth-order valence-corrected chi connectivity index (χ4v) is 0.968. The van der Waals surface area contributed by atoms with Gasteiger partial charge in [-0.25, -0.2) is 4.79 Å².